The van der Waals surface area contributed by atoms with E-state index in [4.69, 9.17) is 5.73 Å². The quantitative estimate of drug-likeness (QED) is 0.721. The van der Waals surface area contributed by atoms with Crippen LogP contribution in [0.25, 0.3) is 11.1 Å². The van der Waals surface area contributed by atoms with Gasteiger partial charge in [-0.3, -0.25) is 4.90 Å². The smallest absolute Gasteiger partial charge is 0.326 e. The van der Waals surface area contributed by atoms with Crippen molar-refractivity contribution in [3.05, 3.63) is 83.6 Å². The van der Waals surface area contributed by atoms with E-state index < -0.39 is 0 Å². The molecule has 0 saturated heterocycles. The Hall–Kier alpha value is -2.89. The van der Waals surface area contributed by atoms with Crippen LogP contribution >= 0.6 is 12.4 Å². The van der Waals surface area contributed by atoms with Crippen LogP contribution in [0.15, 0.2) is 66.9 Å². The Kier molecular flexibility index (Phi) is 5.97. The third-order valence-corrected chi connectivity index (χ3v) is 4.90. The van der Waals surface area contributed by atoms with E-state index in [1.165, 1.54) is 0 Å². The number of amides is 2. The van der Waals surface area contributed by atoms with E-state index in [1.54, 1.807) is 16.0 Å². The van der Waals surface area contributed by atoms with Gasteiger partial charge in [0.05, 0.1) is 13.1 Å². The number of urea groups is 1. The molecule has 1 aromatic heterocycles. The lowest BCUT2D eigenvalue weighted by Crippen LogP contribution is -2.45. The summed E-state index contributed by atoms with van der Waals surface area (Å²) in [5.74, 6) is 0.734. The molecule has 2 amide bonds. The SMILES string of the molecule is CN1Cc2c(-c3cccc(CN)c3)ccnc2N(Cc2ccccc2)C1=O.Cl. The average Bonchev–Trinajstić information content (AvgIpc) is 2.72. The van der Waals surface area contributed by atoms with Crippen molar-refractivity contribution in [3.63, 3.8) is 0 Å². The molecule has 0 bridgehead atoms. The normalized spacial score (nSPS) is 13.1. The first-order chi connectivity index (χ1) is 13.2. The summed E-state index contributed by atoms with van der Waals surface area (Å²) in [6.07, 6.45) is 1.78. The summed E-state index contributed by atoms with van der Waals surface area (Å²) in [6.45, 7) is 1.53. The number of nitrogens with two attached hydrogens (primary N) is 1. The van der Waals surface area contributed by atoms with Gasteiger partial charge in [-0.05, 0) is 34.4 Å². The van der Waals surface area contributed by atoms with Crippen molar-refractivity contribution in [2.24, 2.45) is 5.73 Å². The lowest BCUT2D eigenvalue weighted by atomic mass is 9.97. The van der Waals surface area contributed by atoms with Gasteiger partial charge < -0.3 is 10.6 Å². The number of fused-ring (bicyclic) bond motifs is 1. The zero-order valence-electron chi connectivity index (χ0n) is 15.7. The maximum atomic E-state index is 12.8. The van der Waals surface area contributed by atoms with Gasteiger partial charge in [-0.15, -0.1) is 12.4 Å². The largest absolute Gasteiger partial charge is 0.326 e. The van der Waals surface area contributed by atoms with Crippen LogP contribution in [0.5, 0.6) is 0 Å². The molecule has 1 aliphatic heterocycles. The molecule has 144 valence electrons. The molecule has 0 spiro atoms. The number of hydrogen-bond donors (Lipinski definition) is 1. The van der Waals surface area contributed by atoms with E-state index in [0.29, 0.717) is 19.6 Å². The molecule has 6 heteroatoms. The number of hydrogen-bond acceptors (Lipinski definition) is 3. The van der Waals surface area contributed by atoms with Crippen LogP contribution in [0.2, 0.25) is 0 Å². The van der Waals surface area contributed by atoms with E-state index in [1.807, 2.05) is 55.6 Å². The average molecular weight is 395 g/mol. The zero-order valence-corrected chi connectivity index (χ0v) is 16.5. The lowest BCUT2D eigenvalue weighted by molar-refractivity contribution is 0.209. The number of rotatable bonds is 4. The van der Waals surface area contributed by atoms with Gasteiger partial charge in [0.2, 0.25) is 0 Å². The number of aromatic nitrogens is 1. The fraction of sp³-hybridized carbons (Fsp3) is 0.182. The second-order valence-corrected chi connectivity index (χ2v) is 6.78. The van der Waals surface area contributed by atoms with Gasteiger partial charge in [0.1, 0.15) is 5.82 Å². The third kappa shape index (κ3) is 3.72. The van der Waals surface area contributed by atoms with Crippen molar-refractivity contribution >= 4 is 24.3 Å². The fourth-order valence-electron chi connectivity index (χ4n) is 3.52. The Labute approximate surface area is 171 Å². The highest BCUT2D eigenvalue weighted by Crippen LogP contribution is 2.35. The number of nitrogens with zero attached hydrogens (tertiary/aromatic N) is 3. The Morgan fingerprint density at radius 3 is 2.54 bits per heavy atom. The molecule has 28 heavy (non-hydrogen) atoms. The first-order valence-corrected chi connectivity index (χ1v) is 9.01. The van der Waals surface area contributed by atoms with Gasteiger partial charge in [0, 0.05) is 25.4 Å². The summed E-state index contributed by atoms with van der Waals surface area (Å²) in [5, 5.41) is 0. The highest BCUT2D eigenvalue weighted by molar-refractivity contribution is 5.95. The Morgan fingerprint density at radius 1 is 1.04 bits per heavy atom. The van der Waals surface area contributed by atoms with Crippen molar-refractivity contribution in [2.75, 3.05) is 11.9 Å². The zero-order chi connectivity index (χ0) is 18.8. The van der Waals surface area contributed by atoms with Crippen LogP contribution in [0.4, 0.5) is 10.6 Å². The van der Waals surface area contributed by atoms with Crippen molar-refractivity contribution < 1.29 is 4.79 Å². The minimum atomic E-state index is -0.0355. The Balaban J connectivity index is 0.00000225. The summed E-state index contributed by atoms with van der Waals surface area (Å²) in [5.41, 5.74) is 11.2. The van der Waals surface area contributed by atoms with Gasteiger partial charge in [-0.25, -0.2) is 9.78 Å². The third-order valence-electron chi connectivity index (χ3n) is 4.90. The van der Waals surface area contributed by atoms with E-state index >= 15 is 0 Å². The first-order valence-electron chi connectivity index (χ1n) is 9.01. The predicted molar refractivity (Wildman–Crippen MR) is 114 cm³/mol. The molecule has 3 aromatic rings. The number of carbonyl (C=O) groups excluding carboxylic acids is 1. The minimum Gasteiger partial charge on any atom is -0.326 e. The van der Waals surface area contributed by atoms with Gasteiger partial charge in [0.25, 0.3) is 0 Å². The Morgan fingerprint density at radius 2 is 1.79 bits per heavy atom. The van der Waals surface area contributed by atoms with Crippen molar-refractivity contribution in [3.8, 4) is 11.1 Å². The maximum absolute atomic E-state index is 12.8. The summed E-state index contributed by atoms with van der Waals surface area (Å²) >= 11 is 0. The predicted octanol–water partition coefficient (Wildman–Crippen LogP) is 4.20. The Bertz CT molecular complexity index is 977. The maximum Gasteiger partial charge on any atom is 0.326 e. The van der Waals surface area contributed by atoms with Crippen LogP contribution in [0, 0.1) is 0 Å². The first kappa shape index (κ1) is 19.9. The van der Waals surface area contributed by atoms with E-state index in [0.717, 1.165) is 33.6 Å². The van der Waals surface area contributed by atoms with Gasteiger partial charge in [-0.2, -0.15) is 0 Å². The topological polar surface area (TPSA) is 62.5 Å². The van der Waals surface area contributed by atoms with Crippen molar-refractivity contribution in [2.45, 2.75) is 19.6 Å². The highest BCUT2D eigenvalue weighted by Gasteiger charge is 2.31. The molecular formula is C22H23ClN4O. The second kappa shape index (κ2) is 8.42. The molecule has 0 fully saturated rings. The van der Waals surface area contributed by atoms with Crippen LogP contribution in [0.1, 0.15) is 16.7 Å². The van der Waals surface area contributed by atoms with E-state index in [9.17, 15) is 4.79 Å². The van der Waals surface area contributed by atoms with Crippen LogP contribution in [-0.2, 0) is 19.6 Å². The fourth-order valence-corrected chi connectivity index (χ4v) is 3.52. The molecule has 2 aromatic carbocycles. The minimum absolute atomic E-state index is 0. The number of anilines is 1. The highest BCUT2D eigenvalue weighted by atomic mass is 35.5. The molecule has 0 radical (unpaired) electrons. The molecule has 5 nitrogen and oxygen atoms in total. The number of halogens is 1. The van der Waals surface area contributed by atoms with E-state index in [2.05, 4.69) is 17.1 Å². The van der Waals surface area contributed by atoms with Gasteiger partial charge in [0.15, 0.2) is 0 Å². The lowest BCUT2D eigenvalue weighted by Gasteiger charge is -2.35. The molecule has 2 heterocycles. The summed E-state index contributed by atoms with van der Waals surface area (Å²) < 4.78 is 0. The van der Waals surface area contributed by atoms with E-state index in [-0.39, 0.29) is 18.4 Å². The molecular weight excluding hydrogens is 372 g/mol. The number of pyridine rings is 1. The van der Waals surface area contributed by atoms with Gasteiger partial charge >= 0.3 is 6.03 Å². The summed E-state index contributed by atoms with van der Waals surface area (Å²) in [4.78, 5) is 20.9. The van der Waals surface area contributed by atoms with Gasteiger partial charge in [-0.1, -0.05) is 48.5 Å². The summed E-state index contributed by atoms with van der Waals surface area (Å²) in [6, 6.07) is 20.2. The molecule has 0 atom stereocenters. The molecule has 1 aliphatic rings. The van der Waals surface area contributed by atoms with Crippen LogP contribution in [-0.4, -0.2) is 23.0 Å². The molecule has 4 rings (SSSR count). The van der Waals surface area contributed by atoms with Crippen molar-refractivity contribution in [1.29, 1.82) is 0 Å². The molecule has 0 unspecified atom stereocenters. The molecule has 0 saturated carbocycles. The monoisotopic (exact) mass is 394 g/mol. The summed E-state index contributed by atoms with van der Waals surface area (Å²) in [7, 11) is 1.83. The molecule has 2 N–H and O–H groups in total. The van der Waals surface area contributed by atoms with Crippen LogP contribution in [0.3, 0.4) is 0 Å². The standard InChI is InChI=1S/C22H22N4O.ClH/c1-25-15-20-19(18-9-5-8-17(12-18)13-23)10-11-24-21(20)26(22(25)27)14-16-6-3-2-4-7-16;/h2-12H,13-15,23H2,1H3;1H. The second-order valence-electron chi connectivity index (χ2n) is 6.78. The molecule has 0 aliphatic carbocycles. The number of carbonyl (C=O) groups is 1. The number of benzene rings is 2. The van der Waals surface area contributed by atoms with Crippen molar-refractivity contribution in [1.82, 2.24) is 9.88 Å². The van der Waals surface area contributed by atoms with Crippen LogP contribution < -0.4 is 10.6 Å².